The molecule has 0 atom stereocenters. The number of methoxy groups -OCH3 is 1. The van der Waals surface area contributed by atoms with Gasteiger partial charge in [-0.1, -0.05) is 35.5 Å². The highest BCUT2D eigenvalue weighted by Crippen LogP contribution is 2.28. The SMILES string of the molecule is COc1cc(C)ccc1OCc1nc(-c2ccccc2C)no1. The van der Waals surface area contributed by atoms with E-state index >= 15 is 0 Å². The van der Waals surface area contributed by atoms with E-state index < -0.39 is 0 Å². The number of benzene rings is 2. The molecule has 0 N–H and O–H groups in total. The van der Waals surface area contributed by atoms with E-state index in [0.717, 1.165) is 16.7 Å². The fourth-order valence-electron chi connectivity index (χ4n) is 2.28. The normalized spacial score (nSPS) is 10.6. The van der Waals surface area contributed by atoms with Crippen LogP contribution >= 0.6 is 0 Å². The van der Waals surface area contributed by atoms with Crippen molar-refractivity contribution in [3.05, 3.63) is 59.5 Å². The predicted octanol–water partition coefficient (Wildman–Crippen LogP) is 3.94. The summed E-state index contributed by atoms with van der Waals surface area (Å²) in [6, 6.07) is 13.7. The molecule has 118 valence electrons. The first-order valence-corrected chi connectivity index (χ1v) is 7.33. The second-order valence-corrected chi connectivity index (χ2v) is 5.27. The molecule has 3 rings (SSSR count). The summed E-state index contributed by atoms with van der Waals surface area (Å²) in [6.45, 7) is 4.20. The molecule has 23 heavy (non-hydrogen) atoms. The zero-order valence-corrected chi connectivity index (χ0v) is 13.4. The minimum Gasteiger partial charge on any atom is -0.493 e. The third-order valence-electron chi connectivity index (χ3n) is 3.52. The lowest BCUT2D eigenvalue weighted by atomic mass is 10.1. The maximum absolute atomic E-state index is 5.73. The monoisotopic (exact) mass is 310 g/mol. The summed E-state index contributed by atoms with van der Waals surface area (Å²) in [7, 11) is 1.62. The Morgan fingerprint density at radius 2 is 1.87 bits per heavy atom. The third-order valence-corrected chi connectivity index (χ3v) is 3.52. The highest BCUT2D eigenvalue weighted by atomic mass is 16.5. The van der Waals surface area contributed by atoms with Crippen LogP contribution in [0.15, 0.2) is 47.0 Å². The maximum Gasteiger partial charge on any atom is 0.264 e. The topological polar surface area (TPSA) is 57.4 Å². The van der Waals surface area contributed by atoms with E-state index in [4.69, 9.17) is 14.0 Å². The summed E-state index contributed by atoms with van der Waals surface area (Å²) in [4.78, 5) is 4.39. The van der Waals surface area contributed by atoms with Gasteiger partial charge in [0.05, 0.1) is 7.11 Å². The van der Waals surface area contributed by atoms with Crippen molar-refractivity contribution in [1.82, 2.24) is 10.1 Å². The first-order chi connectivity index (χ1) is 11.2. The van der Waals surface area contributed by atoms with Crippen molar-refractivity contribution in [3.8, 4) is 22.9 Å². The Morgan fingerprint density at radius 3 is 2.65 bits per heavy atom. The molecule has 0 saturated heterocycles. The van der Waals surface area contributed by atoms with Crippen LogP contribution in [0.4, 0.5) is 0 Å². The lowest BCUT2D eigenvalue weighted by molar-refractivity contribution is 0.233. The van der Waals surface area contributed by atoms with Gasteiger partial charge in [-0.05, 0) is 37.1 Å². The largest absolute Gasteiger partial charge is 0.493 e. The van der Waals surface area contributed by atoms with Crippen molar-refractivity contribution in [2.24, 2.45) is 0 Å². The van der Waals surface area contributed by atoms with Gasteiger partial charge >= 0.3 is 0 Å². The molecular formula is C18H18N2O3. The Labute approximate surface area is 134 Å². The van der Waals surface area contributed by atoms with Crippen LogP contribution in [0.25, 0.3) is 11.4 Å². The van der Waals surface area contributed by atoms with Crippen molar-refractivity contribution in [1.29, 1.82) is 0 Å². The molecule has 0 saturated carbocycles. The Balaban J connectivity index is 1.74. The molecule has 5 heteroatoms. The zero-order valence-electron chi connectivity index (χ0n) is 13.4. The van der Waals surface area contributed by atoms with Gasteiger partial charge in [0.25, 0.3) is 5.89 Å². The molecule has 0 aliphatic rings. The average molecular weight is 310 g/mol. The molecule has 0 unspecified atom stereocenters. The minimum atomic E-state index is 0.193. The first-order valence-electron chi connectivity index (χ1n) is 7.33. The van der Waals surface area contributed by atoms with Gasteiger partial charge in [0.1, 0.15) is 0 Å². The van der Waals surface area contributed by atoms with Crippen LogP contribution in [0.3, 0.4) is 0 Å². The van der Waals surface area contributed by atoms with E-state index in [-0.39, 0.29) is 6.61 Å². The van der Waals surface area contributed by atoms with Crippen LogP contribution in [0.2, 0.25) is 0 Å². The van der Waals surface area contributed by atoms with Gasteiger partial charge in [-0.15, -0.1) is 0 Å². The summed E-state index contributed by atoms with van der Waals surface area (Å²) in [5.74, 6) is 2.32. The number of rotatable bonds is 5. The Kier molecular flexibility index (Phi) is 4.28. The molecular weight excluding hydrogens is 292 g/mol. The molecule has 1 heterocycles. The standard InChI is InChI=1S/C18H18N2O3/c1-12-8-9-15(16(10-12)21-3)22-11-17-19-18(20-23-17)14-7-5-4-6-13(14)2/h4-10H,11H2,1-3H3. The fourth-order valence-corrected chi connectivity index (χ4v) is 2.28. The molecule has 0 aliphatic heterocycles. The van der Waals surface area contributed by atoms with Gasteiger partial charge < -0.3 is 14.0 Å². The van der Waals surface area contributed by atoms with E-state index in [1.54, 1.807) is 7.11 Å². The van der Waals surface area contributed by atoms with Crippen molar-refractivity contribution in [2.75, 3.05) is 7.11 Å². The van der Waals surface area contributed by atoms with Crippen molar-refractivity contribution < 1.29 is 14.0 Å². The number of nitrogens with zero attached hydrogens (tertiary/aromatic N) is 2. The molecule has 0 aliphatic carbocycles. The van der Waals surface area contributed by atoms with Crippen molar-refractivity contribution in [2.45, 2.75) is 20.5 Å². The molecule has 0 fully saturated rings. The fraction of sp³-hybridized carbons (Fsp3) is 0.222. The smallest absolute Gasteiger partial charge is 0.264 e. The van der Waals surface area contributed by atoms with Crippen LogP contribution in [-0.2, 0) is 6.61 Å². The van der Waals surface area contributed by atoms with E-state index in [2.05, 4.69) is 10.1 Å². The van der Waals surface area contributed by atoms with Crippen LogP contribution in [0, 0.1) is 13.8 Å². The lowest BCUT2D eigenvalue weighted by Gasteiger charge is -2.09. The average Bonchev–Trinajstić information content (AvgIpc) is 3.02. The van der Waals surface area contributed by atoms with Crippen LogP contribution < -0.4 is 9.47 Å². The van der Waals surface area contributed by atoms with Gasteiger partial charge in [-0.3, -0.25) is 0 Å². The molecule has 0 amide bonds. The van der Waals surface area contributed by atoms with E-state index in [9.17, 15) is 0 Å². The third kappa shape index (κ3) is 3.34. The summed E-state index contributed by atoms with van der Waals surface area (Å²) in [5.41, 5.74) is 3.16. The van der Waals surface area contributed by atoms with Crippen molar-refractivity contribution >= 4 is 0 Å². The van der Waals surface area contributed by atoms with Crippen LogP contribution in [0.1, 0.15) is 17.0 Å². The summed E-state index contributed by atoms with van der Waals surface area (Å²) in [5, 5.41) is 4.02. The molecule has 1 aromatic heterocycles. The second kappa shape index (κ2) is 6.52. The van der Waals surface area contributed by atoms with E-state index in [1.165, 1.54) is 0 Å². The number of aromatic nitrogens is 2. The minimum absolute atomic E-state index is 0.193. The highest BCUT2D eigenvalue weighted by Gasteiger charge is 2.12. The second-order valence-electron chi connectivity index (χ2n) is 5.27. The Hall–Kier alpha value is -2.82. The number of ether oxygens (including phenoxy) is 2. The Morgan fingerprint density at radius 1 is 1.04 bits per heavy atom. The summed E-state index contributed by atoms with van der Waals surface area (Å²) in [6.07, 6.45) is 0. The van der Waals surface area contributed by atoms with E-state index in [0.29, 0.717) is 23.2 Å². The van der Waals surface area contributed by atoms with Gasteiger partial charge in [0, 0.05) is 5.56 Å². The van der Waals surface area contributed by atoms with Gasteiger partial charge in [-0.2, -0.15) is 4.98 Å². The number of aryl methyl sites for hydroxylation is 2. The quantitative estimate of drug-likeness (QED) is 0.714. The van der Waals surface area contributed by atoms with E-state index in [1.807, 2.05) is 56.3 Å². The summed E-state index contributed by atoms with van der Waals surface area (Å²) < 4.78 is 16.3. The van der Waals surface area contributed by atoms with Gasteiger partial charge in [0.2, 0.25) is 5.82 Å². The molecule has 5 nitrogen and oxygen atoms in total. The van der Waals surface area contributed by atoms with Gasteiger partial charge in [0.15, 0.2) is 18.1 Å². The lowest BCUT2D eigenvalue weighted by Crippen LogP contribution is -1.98. The first kappa shape index (κ1) is 15.1. The predicted molar refractivity (Wildman–Crippen MR) is 86.5 cm³/mol. The van der Waals surface area contributed by atoms with Crippen molar-refractivity contribution in [3.63, 3.8) is 0 Å². The number of hydrogen-bond donors (Lipinski definition) is 0. The Bertz CT molecular complexity index is 812. The molecule has 0 radical (unpaired) electrons. The highest BCUT2D eigenvalue weighted by molar-refractivity contribution is 5.58. The molecule has 2 aromatic carbocycles. The molecule has 3 aromatic rings. The van der Waals surface area contributed by atoms with Crippen LogP contribution in [-0.4, -0.2) is 17.3 Å². The number of hydrogen-bond acceptors (Lipinski definition) is 5. The summed E-state index contributed by atoms with van der Waals surface area (Å²) >= 11 is 0. The van der Waals surface area contributed by atoms with Crippen LogP contribution in [0.5, 0.6) is 11.5 Å². The van der Waals surface area contributed by atoms with Gasteiger partial charge in [-0.25, -0.2) is 0 Å². The maximum atomic E-state index is 5.73. The zero-order chi connectivity index (χ0) is 16.2. The molecule has 0 bridgehead atoms. The molecule has 0 spiro atoms.